The third kappa shape index (κ3) is 2.04. The van der Waals surface area contributed by atoms with Crippen LogP contribution in [0.25, 0.3) is 0 Å². The van der Waals surface area contributed by atoms with Crippen LogP contribution in [0.5, 0.6) is 0 Å². The van der Waals surface area contributed by atoms with E-state index in [0.717, 1.165) is 5.56 Å². The summed E-state index contributed by atoms with van der Waals surface area (Å²) in [6.07, 6.45) is 0. The molecule has 3 heteroatoms. The Balaban J connectivity index is 2.23. The fourth-order valence-electron chi connectivity index (χ4n) is 1.74. The summed E-state index contributed by atoms with van der Waals surface area (Å²) in [6.45, 7) is 3.85. The maximum atomic E-state index is 5.77. The lowest BCUT2D eigenvalue weighted by molar-refractivity contribution is -0.284. The van der Waals surface area contributed by atoms with E-state index >= 15 is 0 Å². The average molecular weight is 207 g/mol. The van der Waals surface area contributed by atoms with Crippen molar-refractivity contribution in [1.82, 2.24) is 0 Å². The van der Waals surface area contributed by atoms with Gasteiger partial charge in [-0.15, -0.1) is 0 Å². The molecule has 2 rings (SSSR count). The molecule has 0 bridgehead atoms. The van der Waals surface area contributed by atoms with Gasteiger partial charge in [-0.25, -0.2) is 0 Å². The minimum atomic E-state index is -0.728. The highest BCUT2D eigenvalue weighted by Crippen LogP contribution is 2.30. The molecule has 1 aliphatic rings. The Hall–Kier alpha value is -0.900. The Labute approximate surface area is 90.2 Å². The van der Waals surface area contributed by atoms with Gasteiger partial charge in [-0.05, 0) is 0 Å². The largest absolute Gasteiger partial charge is 0.344 e. The summed E-state index contributed by atoms with van der Waals surface area (Å²) in [5.74, 6) is -0.290. The summed E-state index contributed by atoms with van der Waals surface area (Å²) in [4.78, 5) is 0. The highest BCUT2D eigenvalue weighted by Gasteiger charge is 2.36. The first-order valence-electron chi connectivity index (χ1n) is 5.30. The third-order valence-electron chi connectivity index (χ3n) is 2.68. The second kappa shape index (κ2) is 4.31. The Morgan fingerprint density at radius 2 is 1.87 bits per heavy atom. The molecule has 0 atom stereocenters. The predicted molar refractivity (Wildman–Crippen MR) is 58.2 cm³/mol. The fraction of sp³-hybridized carbons (Fsp3) is 0.500. The Morgan fingerprint density at radius 1 is 1.27 bits per heavy atom. The van der Waals surface area contributed by atoms with Crippen molar-refractivity contribution < 1.29 is 9.47 Å². The summed E-state index contributed by atoms with van der Waals surface area (Å²) in [5.41, 5.74) is 6.77. The van der Waals surface area contributed by atoms with Crippen molar-refractivity contribution in [2.45, 2.75) is 12.7 Å². The van der Waals surface area contributed by atoms with E-state index in [1.807, 2.05) is 30.3 Å². The zero-order valence-corrected chi connectivity index (χ0v) is 8.98. The van der Waals surface area contributed by atoms with Crippen molar-refractivity contribution in [1.29, 1.82) is 0 Å². The van der Waals surface area contributed by atoms with Gasteiger partial charge in [0.05, 0.1) is 19.8 Å². The van der Waals surface area contributed by atoms with Crippen molar-refractivity contribution in [3.8, 4) is 0 Å². The standard InChI is InChI=1S/C12H17NO2/c1-10-7-14-12(9-13,15-8-10)11-5-3-2-4-6-11/h2-6,10H,7-9,13H2,1H3. The molecule has 3 nitrogen and oxygen atoms in total. The fourth-order valence-corrected chi connectivity index (χ4v) is 1.74. The highest BCUT2D eigenvalue weighted by molar-refractivity contribution is 5.21. The van der Waals surface area contributed by atoms with Gasteiger partial charge < -0.3 is 15.2 Å². The zero-order chi connectivity index (χ0) is 10.7. The Kier molecular flexibility index (Phi) is 3.05. The maximum Gasteiger partial charge on any atom is 0.207 e. The molecule has 1 heterocycles. The third-order valence-corrected chi connectivity index (χ3v) is 2.68. The van der Waals surface area contributed by atoms with E-state index in [2.05, 4.69) is 6.92 Å². The van der Waals surface area contributed by atoms with Crippen LogP contribution in [0.2, 0.25) is 0 Å². The molecule has 82 valence electrons. The molecule has 1 aliphatic heterocycles. The van der Waals surface area contributed by atoms with Gasteiger partial charge in [-0.1, -0.05) is 37.3 Å². The molecule has 0 spiro atoms. The highest BCUT2D eigenvalue weighted by atomic mass is 16.7. The van der Waals surface area contributed by atoms with Crippen molar-refractivity contribution in [3.63, 3.8) is 0 Å². The molecular weight excluding hydrogens is 190 g/mol. The SMILES string of the molecule is CC1COC(CN)(c2ccccc2)OC1. The zero-order valence-electron chi connectivity index (χ0n) is 8.98. The maximum absolute atomic E-state index is 5.77. The van der Waals surface area contributed by atoms with E-state index < -0.39 is 5.79 Å². The molecule has 1 saturated heterocycles. The molecule has 0 unspecified atom stereocenters. The van der Waals surface area contributed by atoms with Crippen molar-refractivity contribution in [2.24, 2.45) is 11.7 Å². The minimum Gasteiger partial charge on any atom is -0.344 e. The van der Waals surface area contributed by atoms with Gasteiger partial charge in [0.1, 0.15) is 0 Å². The van der Waals surface area contributed by atoms with Crippen LogP contribution in [-0.4, -0.2) is 19.8 Å². The smallest absolute Gasteiger partial charge is 0.207 e. The lowest BCUT2D eigenvalue weighted by Gasteiger charge is -2.38. The monoisotopic (exact) mass is 207 g/mol. The molecule has 15 heavy (non-hydrogen) atoms. The average Bonchev–Trinajstić information content (AvgIpc) is 2.32. The van der Waals surface area contributed by atoms with Crippen molar-refractivity contribution in [2.75, 3.05) is 19.8 Å². The topological polar surface area (TPSA) is 44.5 Å². The van der Waals surface area contributed by atoms with Crippen LogP contribution in [-0.2, 0) is 15.3 Å². The van der Waals surface area contributed by atoms with Gasteiger partial charge in [0.2, 0.25) is 5.79 Å². The summed E-state index contributed by atoms with van der Waals surface area (Å²) in [5, 5.41) is 0. The number of nitrogens with two attached hydrogens (primary N) is 1. The first kappa shape index (κ1) is 10.6. The van der Waals surface area contributed by atoms with Crippen molar-refractivity contribution >= 4 is 0 Å². The lowest BCUT2D eigenvalue weighted by Crippen LogP contribution is -2.46. The lowest BCUT2D eigenvalue weighted by atomic mass is 10.0. The molecule has 2 N–H and O–H groups in total. The van der Waals surface area contributed by atoms with E-state index in [9.17, 15) is 0 Å². The molecule has 0 amide bonds. The Morgan fingerprint density at radius 3 is 2.40 bits per heavy atom. The minimum absolute atomic E-state index is 0.351. The number of rotatable bonds is 2. The number of benzene rings is 1. The summed E-state index contributed by atoms with van der Waals surface area (Å²) in [6, 6.07) is 9.89. The number of ether oxygens (including phenoxy) is 2. The van der Waals surface area contributed by atoms with Gasteiger partial charge in [-0.3, -0.25) is 0 Å². The van der Waals surface area contributed by atoms with E-state index in [1.165, 1.54) is 0 Å². The van der Waals surface area contributed by atoms with Crippen LogP contribution in [0.3, 0.4) is 0 Å². The quantitative estimate of drug-likeness (QED) is 0.799. The second-order valence-corrected chi connectivity index (χ2v) is 4.05. The molecular formula is C12H17NO2. The van der Waals surface area contributed by atoms with E-state index in [0.29, 0.717) is 25.7 Å². The normalized spacial score (nSPS) is 31.5. The second-order valence-electron chi connectivity index (χ2n) is 4.05. The number of hydrogen-bond acceptors (Lipinski definition) is 3. The van der Waals surface area contributed by atoms with E-state index in [-0.39, 0.29) is 0 Å². The molecule has 1 aromatic rings. The van der Waals surface area contributed by atoms with E-state index in [1.54, 1.807) is 0 Å². The summed E-state index contributed by atoms with van der Waals surface area (Å²) < 4.78 is 11.5. The Bertz CT molecular complexity index is 305. The van der Waals surface area contributed by atoms with Crippen LogP contribution >= 0.6 is 0 Å². The first-order chi connectivity index (χ1) is 7.27. The number of hydrogen-bond donors (Lipinski definition) is 1. The predicted octanol–water partition coefficient (Wildman–Crippen LogP) is 1.48. The molecule has 0 saturated carbocycles. The van der Waals surface area contributed by atoms with Gasteiger partial charge in [-0.2, -0.15) is 0 Å². The van der Waals surface area contributed by atoms with Gasteiger partial charge in [0, 0.05) is 11.5 Å². The summed E-state index contributed by atoms with van der Waals surface area (Å²) >= 11 is 0. The van der Waals surface area contributed by atoms with Gasteiger partial charge in [0.25, 0.3) is 0 Å². The van der Waals surface area contributed by atoms with Gasteiger partial charge in [0.15, 0.2) is 0 Å². The molecule has 0 aromatic heterocycles. The molecule has 0 radical (unpaired) electrons. The van der Waals surface area contributed by atoms with Gasteiger partial charge >= 0.3 is 0 Å². The molecule has 1 fully saturated rings. The van der Waals surface area contributed by atoms with Crippen molar-refractivity contribution in [3.05, 3.63) is 35.9 Å². The van der Waals surface area contributed by atoms with E-state index in [4.69, 9.17) is 15.2 Å². The van der Waals surface area contributed by atoms with Crippen LogP contribution < -0.4 is 5.73 Å². The summed E-state index contributed by atoms with van der Waals surface area (Å²) in [7, 11) is 0. The molecule has 0 aliphatic carbocycles. The van der Waals surface area contributed by atoms with Crippen LogP contribution in [0.1, 0.15) is 12.5 Å². The first-order valence-corrected chi connectivity index (χ1v) is 5.30. The molecule has 1 aromatic carbocycles. The van der Waals surface area contributed by atoms with Crippen LogP contribution in [0.15, 0.2) is 30.3 Å². The van der Waals surface area contributed by atoms with Crippen LogP contribution in [0, 0.1) is 5.92 Å². The van der Waals surface area contributed by atoms with Crippen LogP contribution in [0.4, 0.5) is 0 Å².